The van der Waals surface area contributed by atoms with Gasteiger partial charge in [0.15, 0.2) is 0 Å². The van der Waals surface area contributed by atoms with Gasteiger partial charge < -0.3 is 28.8 Å². The molecule has 0 radical (unpaired) electrons. The highest BCUT2D eigenvalue weighted by Gasteiger charge is 2.24. The Morgan fingerprint density at radius 2 is 0.859 bits per heavy atom. The molecule has 1 amide bonds. The van der Waals surface area contributed by atoms with Crippen LogP contribution in [-0.2, 0) is 18.4 Å². The van der Waals surface area contributed by atoms with E-state index in [1.807, 2.05) is 21.1 Å². The van der Waals surface area contributed by atoms with Crippen LogP contribution in [-0.4, -0.2) is 68.5 Å². The van der Waals surface area contributed by atoms with Crippen molar-refractivity contribution in [3.05, 3.63) is 97.2 Å². The lowest BCUT2D eigenvalue weighted by Gasteiger charge is -2.30. The predicted molar refractivity (Wildman–Crippen MR) is 306 cm³/mol. The fourth-order valence-electron chi connectivity index (χ4n) is 8.06. The number of aliphatic hydroxyl groups excluding tert-OH is 1. The number of phosphoric acid groups is 1. The van der Waals surface area contributed by atoms with E-state index in [9.17, 15) is 19.4 Å². The van der Waals surface area contributed by atoms with E-state index in [-0.39, 0.29) is 19.1 Å². The summed E-state index contributed by atoms with van der Waals surface area (Å²) in [5, 5.41) is 13.9. The smallest absolute Gasteiger partial charge is 0.268 e. The number of quaternary nitrogens is 1. The van der Waals surface area contributed by atoms with Crippen molar-refractivity contribution in [3.63, 3.8) is 0 Å². The van der Waals surface area contributed by atoms with Crippen molar-refractivity contribution in [3.8, 4) is 0 Å². The Balaban J connectivity index is 3.87. The number of phosphoric ester groups is 1. The number of rotatable bonds is 52. The highest BCUT2D eigenvalue weighted by atomic mass is 31.2. The van der Waals surface area contributed by atoms with Crippen LogP contribution in [0.4, 0.5) is 0 Å². The normalized spacial score (nSPS) is 14.6. The van der Waals surface area contributed by atoms with Gasteiger partial charge in [-0.2, -0.15) is 0 Å². The molecule has 0 aromatic carbocycles. The predicted octanol–water partition coefficient (Wildman–Crippen LogP) is 17.2. The van der Waals surface area contributed by atoms with E-state index in [2.05, 4.69) is 116 Å². The van der Waals surface area contributed by atoms with Crippen LogP contribution in [0.3, 0.4) is 0 Å². The third-order valence-electron chi connectivity index (χ3n) is 12.6. The van der Waals surface area contributed by atoms with Gasteiger partial charge in [-0.1, -0.05) is 252 Å². The summed E-state index contributed by atoms with van der Waals surface area (Å²) in [6.45, 7) is 4.56. The van der Waals surface area contributed by atoms with Crippen LogP contribution in [0.25, 0.3) is 0 Å². The maximum atomic E-state index is 12.9. The van der Waals surface area contributed by atoms with Crippen LogP contribution in [0.2, 0.25) is 0 Å². The Labute approximate surface area is 439 Å². The molecule has 0 fully saturated rings. The minimum Gasteiger partial charge on any atom is -0.756 e. The number of hydrogen-bond donors (Lipinski definition) is 2. The molecule has 0 rings (SSSR count). The first-order chi connectivity index (χ1) is 34.5. The summed E-state index contributed by atoms with van der Waals surface area (Å²) >= 11 is 0. The molecule has 410 valence electrons. The minimum absolute atomic E-state index is 0.00965. The monoisotopic (exact) mass is 1010 g/mol. The van der Waals surface area contributed by atoms with Gasteiger partial charge >= 0.3 is 0 Å². The van der Waals surface area contributed by atoms with Gasteiger partial charge in [0.05, 0.1) is 39.9 Å². The summed E-state index contributed by atoms with van der Waals surface area (Å²) in [7, 11) is 1.30. The van der Waals surface area contributed by atoms with Crippen LogP contribution >= 0.6 is 7.82 Å². The van der Waals surface area contributed by atoms with Gasteiger partial charge in [-0.05, 0) is 77.0 Å². The van der Waals surface area contributed by atoms with Crippen molar-refractivity contribution in [1.82, 2.24) is 5.32 Å². The van der Waals surface area contributed by atoms with E-state index in [4.69, 9.17) is 9.05 Å². The molecule has 8 nitrogen and oxygen atoms in total. The molecule has 71 heavy (non-hydrogen) atoms. The number of unbranched alkanes of at least 4 members (excludes halogenated alkanes) is 23. The molecule has 0 aliphatic rings. The van der Waals surface area contributed by atoms with Gasteiger partial charge in [-0.15, -0.1) is 0 Å². The van der Waals surface area contributed by atoms with Gasteiger partial charge in [0, 0.05) is 6.42 Å². The van der Waals surface area contributed by atoms with Gasteiger partial charge in [-0.3, -0.25) is 9.36 Å². The van der Waals surface area contributed by atoms with E-state index in [0.717, 1.165) is 89.9 Å². The van der Waals surface area contributed by atoms with E-state index in [1.165, 1.54) is 122 Å². The zero-order valence-corrected chi connectivity index (χ0v) is 47.5. The third-order valence-corrected chi connectivity index (χ3v) is 13.6. The average Bonchev–Trinajstić information content (AvgIpc) is 3.33. The quantitative estimate of drug-likeness (QED) is 0.0272. The highest BCUT2D eigenvalue weighted by molar-refractivity contribution is 7.45. The number of nitrogens with one attached hydrogen (secondary N) is 1. The molecule has 0 spiro atoms. The summed E-state index contributed by atoms with van der Waals surface area (Å²) in [5.74, 6) is -0.170. The van der Waals surface area contributed by atoms with Crippen molar-refractivity contribution < 1.29 is 32.9 Å². The van der Waals surface area contributed by atoms with Gasteiger partial charge in [-0.25, -0.2) is 0 Å². The topological polar surface area (TPSA) is 108 Å². The van der Waals surface area contributed by atoms with Crippen LogP contribution in [0, 0.1) is 0 Å². The number of allylic oxidation sites excluding steroid dienone is 16. The van der Waals surface area contributed by atoms with Crippen molar-refractivity contribution in [2.24, 2.45) is 0 Å². The summed E-state index contributed by atoms with van der Waals surface area (Å²) in [6, 6.07) is -0.801. The Morgan fingerprint density at radius 3 is 1.25 bits per heavy atom. The standard InChI is InChI=1S/C62H111N2O6P/c1-6-8-10-12-14-16-17-18-19-20-21-22-23-24-25-26-27-28-29-30-31-32-33-34-35-36-37-38-39-40-41-42-43-44-45-46-47-48-50-52-54-56-62(66)63-60(59-70-71(67,68)69-58-57-64(3,4)5)61(65)55-53-51-49-15-13-11-9-7-2/h8,10,14,16,18-19,21-22,24-25,27-28,30-31,33-34,60-61,65H,6-7,9,11-13,15,17,20,23,26,29,32,35-59H2,1-5H3,(H-,63,66,67,68)/b10-8-,16-14-,19-18-,22-21-,25-24-,28-27-,31-30-,34-33-. The second kappa shape index (κ2) is 52.3. The van der Waals surface area contributed by atoms with Crippen LogP contribution in [0.5, 0.6) is 0 Å². The second-order valence-electron chi connectivity index (χ2n) is 20.6. The van der Waals surface area contributed by atoms with E-state index in [1.54, 1.807) is 0 Å². The van der Waals surface area contributed by atoms with Crippen LogP contribution < -0.4 is 10.2 Å². The number of hydrogen-bond acceptors (Lipinski definition) is 6. The third kappa shape index (κ3) is 55.0. The molecule has 0 aromatic rings. The average molecular weight is 1010 g/mol. The van der Waals surface area contributed by atoms with Crippen LogP contribution in [0.15, 0.2) is 97.2 Å². The van der Waals surface area contributed by atoms with Crippen molar-refractivity contribution in [2.45, 2.75) is 251 Å². The first kappa shape index (κ1) is 68.4. The second-order valence-corrected chi connectivity index (χ2v) is 22.0. The molecule has 9 heteroatoms. The Bertz CT molecular complexity index is 1470. The number of carbonyl (C=O) groups is 1. The van der Waals surface area contributed by atoms with E-state index in [0.29, 0.717) is 23.9 Å². The van der Waals surface area contributed by atoms with E-state index >= 15 is 0 Å². The zero-order valence-electron chi connectivity index (χ0n) is 46.6. The fourth-order valence-corrected chi connectivity index (χ4v) is 8.78. The first-order valence-electron chi connectivity index (χ1n) is 29.1. The maximum Gasteiger partial charge on any atom is 0.268 e. The molecule has 0 aromatic heterocycles. The van der Waals surface area contributed by atoms with Crippen molar-refractivity contribution in [2.75, 3.05) is 40.9 Å². The molecule has 3 unspecified atom stereocenters. The Kier molecular flexibility index (Phi) is 50.4. The Hall–Kier alpha value is -2.58. The molecule has 0 bridgehead atoms. The highest BCUT2D eigenvalue weighted by Crippen LogP contribution is 2.38. The number of nitrogens with zero attached hydrogens (tertiary/aromatic N) is 1. The lowest BCUT2D eigenvalue weighted by Crippen LogP contribution is -2.46. The van der Waals surface area contributed by atoms with Crippen molar-refractivity contribution in [1.29, 1.82) is 0 Å². The molecule has 0 aliphatic heterocycles. The van der Waals surface area contributed by atoms with Crippen LogP contribution in [0.1, 0.15) is 239 Å². The number of aliphatic hydroxyl groups is 1. The minimum atomic E-state index is -4.56. The lowest BCUT2D eigenvalue weighted by molar-refractivity contribution is -0.870. The number of amides is 1. The number of likely N-dealkylation sites (N-methyl/N-ethyl adjacent to an activating group) is 1. The molecule has 2 N–H and O–H groups in total. The van der Waals surface area contributed by atoms with E-state index < -0.39 is 20.0 Å². The van der Waals surface area contributed by atoms with Gasteiger partial charge in [0.1, 0.15) is 13.2 Å². The summed E-state index contributed by atoms with van der Waals surface area (Å²) < 4.78 is 23.3. The Morgan fingerprint density at radius 1 is 0.507 bits per heavy atom. The first-order valence-corrected chi connectivity index (χ1v) is 30.5. The maximum absolute atomic E-state index is 12.9. The summed E-state index contributed by atoms with van der Waals surface area (Å²) in [4.78, 5) is 25.4. The largest absolute Gasteiger partial charge is 0.756 e. The van der Waals surface area contributed by atoms with Crippen molar-refractivity contribution >= 4 is 13.7 Å². The summed E-state index contributed by atoms with van der Waals surface area (Å²) in [6.07, 6.45) is 74.8. The molecular weight excluding hydrogens is 900 g/mol. The molecule has 0 saturated carbocycles. The zero-order chi connectivity index (χ0) is 52.0. The number of carbonyl (C=O) groups excluding carboxylic acids is 1. The molecule has 0 aliphatic carbocycles. The molecule has 0 heterocycles. The molecule has 0 saturated heterocycles. The fraction of sp³-hybridized carbons (Fsp3) is 0.726. The lowest BCUT2D eigenvalue weighted by atomic mass is 10.0. The van der Waals surface area contributed by atoms with Gasteiger partial charge in [0.25, 0.3) is 7.82 Å². The molecule has 3 atom stereocenters. The van der Waals surface area contributed by atoms with Gasteiger partial charge in [0.2, 0.25) is 5.91 Å². The SMILES string of the molecule is CC/C=C\C/C=C\C/C=C\C/C=C\C/C=C\C/C=C\C/C=C\C/C=C\CCCCCCCCCCCCCCCCCCC(=O)NC(COP(=O)([O-])OCC[N+](C)(C)C)C(O)CCCCCCCCCC. The summed E-state index contributed by atoms with van der Waals surface area (Å²) in [5.41, 5.74) is 0. The molecular formula is C62H111N2O6P.